The van der Waals surface area contributed by atoms with Crippen molar-refractivity contribution < 1.29 is 4.48 Å². The van der Waals surface area contributed by atoms with Crippen LogP contribution >= 0.6 is 0 Å². The van der Waals surface area contributed by atoms with Crippen molar-refractivity contribution in [3.8, 4) is 111 Å². The van der Waals surface area contributed by atoms with Crippen LogP contribution in [0.2, 0.25) is 0 Å². The molecule has 0 bridgehead atoms. The lowest BCUT2D eigenvalue weighted by atomic mass is 9.86. The highest BCUT2D eigenvalue weighted by Crippen LogP contribution is 2.42. The van der Waals surface area contributed by atoms with Crippen molar-refractivity contribution in [2.45, 2.75) is 58.9 Å². The van der Waals surface area contributed by atoms with Gasteiger partial charge in [-0.1, -0.05) is 357 Å². The number of quaternary nitrogens is 4. The summed E-state index contributed by atoms with van der Waals surface area (Å²) in [6, 6.07) is 146. The molecule has 0 aromatic heterocycles. The summed E-state index contributed by atoms with van der Waals surface area (Å²) in [4.78, 5) is 0. The Morgan fingerprint density at radius 2 is 0.424 bits per heavy atom. The fourth-order valence-electron chi connectivity index (χ4n) is 16.9. The van der Waals surface area contributed by atoms with Crippen molar-refractivity contribution in [3.05, 3.63) is 417 Å². The maximum Gasteiger partial charge on any atom is 0.132 e. The van der Waals surface area contributed by atoms with E-state index in [2.05, 4.69) is 526 Å². The molecule has 18 aromatic carbocycles. The molecule has 0 saturated carbocycles. The highest BCUT2D eigenvalue weighted by molar-refractivity contribution is 6.03. The quantitative estimate of drug-likeness (QED) is 0.0898. The van der Waals surface area contributed by atoms with Gasteiger partial charge in [-0.05, 0) is 249 Å². The molecule has 18 rings (SSSR count). The van der Waals surface area contributed by atoms with Crippen LogP contribution in [-0.4, -0.2) is 89.1 Å². The lowest BCUT2D eigenvalue weighted by Crippen LogP contribution is -2.34. The van der Waals surface area contributed by atoms with Crippen molar-refractivity contribution in [3.63, 3.8) is 0 Å². The molecule has 0 spiro atoms. The molecule has 0 aliphatic heterocycles. The predicted molar refractivity (Wildman–Crippen MR) is 548 cm³/mol. The summed E-state index contributed by atoms with van der Waals surface area (Å²) in [6.45, 7) is 14.6. The van der Waals surface area contributed by atoms with Crippen LogP contribution in [0, 0.1) is 0 Å². The van der Waals surface area contributed by atoms with Crippen LogP contribution in [0.1, 0.15) is 58.2 Å². The standard InChI is InChI=1S/2C31H28N.C30H34N.C29H32N/c1-32(2,3)29-16-8-13-25(22-29)26-18-19-31-28(21-26)15-9-17-30(31)27-14-7-12-24(20-27)23-10-5-4-6-11-23;1-32(2,3)29-18-15-24(16-19-29)26-17-20-31-28(22-26)13-8-14-30(31)27-12-7-11-25(21-27)23-9-5-4-6-10-23;1-30(2,3)26-17-14-22(15-18-26)28-13-9-11-23-20-24(16-19-29(23)28)27-12-8-7-10-25(27)21-31(4,5)6;1-29(2,3)25-16-13-21(14-17-25)27-12-8-10-24-19-23(15-18-28(24)27)22-9-7-11-26(20-22)30(4,5)6/h2*4-22H,1-3H3;7-20H,21H2,1-6H3;7-20H,1-6H3/q4*+1. The minimum Gasteiger partial charge on any atom is -0.327 e. The Hall–Kier alpha value is -13.2. The fourth-order valence-corrected chi connectivity index (χ4v) is 16.9. The van der Waals surface area contributed by atoms with Gasteiger partial charge < -0.3 is 4.48 Å². The van der Waals surface area contributed by atoms with Gasteiger partial charge in [0.05, 0.1) is 84.6 Å². The first-order chi connectivity index (χ1) is 59.7. The average Bonchev–Trinajstić information content (AvgIpc) is 0.790. The monoisotopic (exact) mass is 1630 g/mol. The topological polar surface area (TPSA) is 0 Å². The Balaban J connectivity index is 0.000000129. The Morgan fingerprint density at radius 1 is 0.176 bits per heavy atom. The maximum absolute atomic E-state index is 2.34. The van der Waals surface area contributed by atoms with Gasteiger partial charge in [-0.15, -0.1) is 0 Å². The Kier molecular flexibility index (Phi) is 25.2. The molecule has 0 radical (unpaired) electrons. The molecule has 0 N–H and O–H groups in total. The molecule has 4 heteroatoms. The van der Waals surface area contributed by atoms with E-state index in [4.69, 9.17) is 0 Å². The van der Waals surface area contributed by atoms with Crippen molar-refractivity contribution in [1.82, 2.24) is 13.4 Å². The normalized spacial score (nSPS) is 12.0. The zero-order valence-electron chi connectivity index (χ0n) is 76.6. The predicted octanol–water partition coefficient (Wildman–Crippen LogP) is 31.4. The summed E-state index contributed by atoms with van der Waals surface area (Å²) >= 11 is 0. The highest BCUT2D eigenvalue weighted by Gasteiger charge is 2.22. The Morgan fingerprint density at radius 3 is 0.784 bits per heavy atom. The molecule has 4 nitrogen and oxygen atoms in total. The number of benzene rings is 18. The van der Waals surface area contributed by atoms with E-state index in [1.54, 1.807) is 0 Å². The Bertz CT molecular complexity index is 6810. The largest absolute Gasteiger partial charge is 0.327 e. The second kappa shape index (κ2) is 36.3. The molecule has 0 aliphatic carbocycles. The molecule has 18 aromatic rings. The van der Waals surface area contributed by atoms with Crippen LogP contribution in [0.25, 0.3) is 154 Å². The van der Waals surface area contributed by atoms with Crippen LogP contribution in [0.3, 0.4) is 0 Å². The lowest BCUT2D eigenvalue weighted by Gasteiger charge is -2.25. The minimum atomic E-state index is 0.172. The van der Waals surface area contributed by atoms with E-state index < -0.39 is 0 Å². The smallest absolute Gasteiger partial charge is 0.132 e. The van der Waals surface area contributed by atoms with Gasteiger partial charge in [-0.25, -0.2) is 0 Å². The van der Waals surface area contributed by atoms with Gasteiger partial charge in [0.1, 0.15) is 23.6 Å². The number of fused-ring (bicyclic) bond motifs is 4. The first-order valence-electron chi connectivity index (χ1n) is 44.0. The average molecular weight is 1630 g/mol. The van der Waals surface area contributed by atoms with Gasteiger partial charge in [0.25, 0.3) is 0 Å². The van der Waals surface area contributed by atoms with E-state index in [1.165, 1.54) is 188 Å². The molecule has 622 valence electrons. The summed E-state index contributed by atoms with van der Waals surface area (Å²) in [5.41, 5.74) is 33.7. The Labute approximate surface area is 744 Å². The van der Waals surface area contributed by atoms with Crippen LogP contribution in [0.5, 0.6) is 0 Å². The molecular weight excluding hydrogens is 1510 g/mol. The zero-order valence-corrected chi connectivity index (χ0v) is 76.6. The second-order valence-electron chi connectivity index (χ2n) is 39.3. The van der Waals surface area contributed by atoms with Gasteiger partial charge in [-0.2, -0.15) is 0 Å². The molecule has 125 heavy (non-hydrogen) atoms. The van der Waals surface area contributed by atoms with Crippen molar-refractivity contribution >= 4 is 60.2 Å². The van der Waals surface area contributed by atoms with E-state index in [0.717, 1.165) is 24.5 Å². The van der Waals surface area contributed by atoms with E-state index in [-0.39, 0.29) is 10.8 Å². The summed E-state index contributed by atoms with van der Waals surface area (Å²) in [6.07, 6.45) is 0. The van der Waals surface area contributed by atoms with Crippen LogP contribution in [0.15, 0.2) is 400 Å². The van der Waals surface area contributed by atoms with Gasteiger partial charge in [-0.3, -0.25) is 13.4 Å². The molecule has 0 saturated heterocycles. The van der Waals surface area contributed by atoms with E-state index in [9.17, 15) is 0 Å². The fraction of sp³-hybridized carbons (Fsp3) is 0.174. The zero-order chi connectivity index (χ0) is 88.0. The van der Waals surface area contributed by atoms with Crippen molar-refractivity contribution in [2.24, 2.45) is 0 Å². The summed E-state index contributed by atoms with van der Waals surface area (Å²) in [7, 11) is 26.5. The number of hydrogen-bond acceptors (Lipinski definition) is 0. The minimum absolute atomic E-state index is 0.172. The second-order valence-corrected chi connectivity index (χ2v) is 39.3. The maximum atomic E-state index is 2.34. The molecule has 0 atom stereocenters. The van der Waals surface area contributed by atoms with Gasteiger partial charge in [0.2, 0.25) is 0 Å². The molecule has 0 heterocycles. The van der Waals surface area contributed by atoms with Gasteiger partial charge >= 0.3 is 0 Å². The van der Waals surface area contributed by atoms with E-state index >= 15 is 0 Å². The highest BCUT2D eigenvalue weighted by atomic mass is 15.3. The third-order valence-electron chi connectivity index (χ3n) is 24.1. The van der Waals surface area contributed by atoms with Crippen molar-refractivity contribution in [1.29, 1.82) is 0 Å². The van der Waals surface area contributed by atoms with Crippen LogP contribution in [0.4, 0.5) is 17.1 Å². The van der Waals surface area contributed by atoms with Crippen molar-refractivity contribution in [2.75, 3.05) is 84.6 Å². The SMILES string of the molecule is CC(C)(C)c1ccc(-c2cccc3cc(-c4cccc([N+](C)(C)C)c4)ccc23)cc1.CC(C)(C)c1ccc(-c2cccc3cc(-c4ccccc4C[N+](C)(C)C)ccc23)cc1.C[N+](C)(C)c1ccc(-c2ccc3c(-c4cccc(-c5ccccc5)c4)cccc3c2)cc1.C[N+](C)(C)c1cccc(-c2ccc3c(-c4cccc(-c5ccccc5)c4)cccc3c2)c1. The third kappa shape index (κ3) is 20.9. The van der Waals surface area contributed by atoms with Crippen LogP contribution < -0.4 is 13.4 Å². The van der Waals surface area contributed by atoms with Gasteiger partial charge in [0.15, 0.2) is 0 Å². The van der Waals surface area contributed by atoms with E-state index in [1.807, 2.05) is 0 Å². The molecule has 0 fully saturated rings. The first-order valence-corrected chi connectivity index (χ1v) is 44.0. The third-order valence-corrected chi connectivity index (χ3v) is 24.1. The number of hydrogen-bond donors (Lipinski definition) is 0. The summed E-state index contributed by atoms with van der Waals surface area (Å²) in [5.74, 6) is 0. The summed E-state index contributed by atoms with van der Waals surface area (Å²) in [5, 5.41) is 10.3. The first kappa shape index (κ1) is 86.8. The number of rotatable bonds is 15. The molecule has 0 amide bonds. The summed E-state index contributed by atoms with van der Waals surface area (Å²) < 4.78 is 3.36. The van der Waals surface area contributed by atoms with Gasteiger partial charge in [0, 0.05) is 17.7 Å². The lowest BCUT2D eigenvalue weighted by molar-refractivity contribution is -0.883. The number of nitrogens with zero attached hydrogens (tertiary/aromatic N) is 4. The molecule has 0 aliphatic rings. The molecular formula is C121H122N4+4. The van der Waals surface area contributed by atoms with E-state index in [0.29, 0.717) is 0 Å². The molecule has 0 unspecified atom stereocenters. The van der Waals surface area contributed by atoms with Crippen LogP contribution in [-0.2, 0) is 17.4 Å².